The van der Waals surface area contributed by atoms with Gasteiger partial charge in [0.25, 0.3) is 0 Å². The van der Waals surface area contributed by atoms with E-state index >= 15 is 0 Å². The summed E-state index contributed by atoms with van der Waals surface area (Å²) in [7, 11) is 0. The smallest absolute Gasteiger partial charge is 0.0520 e. The SMILES string of the molecule is Cc1cc(C)c(N(c2cccc(-c3ccc4c(c3)C(C)(C)c3cc(-c5cccc(N(c6ccc7c(c6)C(C)(C)c6ccccc6-7)c6c(C)cc(C)cc6C)c5)ccc3-4)c2)c2ccc3c(c2)C(C)(C)c2ccccc2-3)c(C)c1. The molecule has 0 radical (unpaired) electrons. The molecule has 378 valence electrons. The zero-order valence-electron chi connectivity index (χ0n) is 46.9. The number of benzene rings is 10. The second-order valence-corrected chi connectivity index (χ2v) is 24.2. The molecular formula is C75H68N2. The standard InChI is InChI=1S/C75H68N2/c1-45-35-47(3)71(48(4)36-45)76(57-29-33-63-59-23-13-15-25-65(59)73(7,8)69(63)43-57)55-21-17-19-51(39-55)53-27-31-61-62-32-28-54(42-68(62)75(11,12)67(61)41-53)52-20-18-22-56(40-52)77(72-49(5)37-46(2)38-50(72)6)58-30-34-64-60-24-14-16-26-66(60)74(9,10)70(64)44-58/h13-44H,1-12H3. The zero-order valence-corrected chi connectivity index (χ0v) is 46.9. The molecule has 0 bridgehead atoms. The quantitative estimate of drug-likeness (QED) is 0.150. The highest BCUT2D eigenvalue weighted by atomic mass is 15.2. The third-order valence-corrected chi connectivity index (χ3v) is 17.9. The Bertz CT molecular complexity index is 3790. The fourth-order valence-electron chi connectivity index (χ4n) is 14.3. The molecule has 0 saturated heterocycles. The monoisotopic (exact) mass is 997 g/mol. The molecule has 0 saturated carbocycles. The van der Waals surface area contributed by atoms with Crippen LogP contribution < -0.4 is 9.80 Å². The molecule has 0 aliphatic heterocycles. The first kappa shape index (κ1) is 48.4. The Balaban J connectivity index is 0.862. The van der Waals surface area contributed by atoms with Gasteiger partial charge >= 0.3 is 0 Å². The Hall–Kier alpha value is -8.20. The predicted octanol–water partition coefficient (Wildman–Crippen LogP) is 20.7. The van der Waals surface area contributed by atoms with Crippen LogP contribution in [0.15, 0.2) is 194 Å². The van der Waals surface area contributed by atoms with Crippen molar-refractivity contribution in [3.05, 3.63) is 261 Å². The van der Waals surface area contributed by atoms with Crippen LogP contribution in [0.25, 0.3) is 55.6 Å². The van der Waals surface area contributed by atoms with Crippen molar-refractivity contribution < 1.29 is 0 Å². The lowest BCUT2D eigenvalue weighted by Crippen LogP contribution is -2.17. The van der Waals surface area contributed by atoms with Gasteiger partial charge in [0, 0.05) is 39.0 Å². The van der Waals surface area contributed by atoms with E-state index in [1.54, 1.807) is 0 Å². The Morgan fingerprint density at radius 1 is 0.247 bits per heavy atom. The van der Waals surface area contributed by atoms with Crippen LogP contribution in [0.5, 0.6) is 0 Å². The third-order valence-electron chi connectivity index (χ3n) is 17.9. The zero-order chi connectivity index (χ0) is 53.4. The lowest BCUT2D eigenvalue weighted by Gasteiger charge is -2.31. The summed E-state index contributed by atoms with van der Waals surface area (Å²) >= 11 is 0. The highest BCUT2D eigenvalue weighted by molar-refractivity contribution is 5.92. The van der Waals surface area contributed by atoms with Crippen molar-refractivity contribution in [3.8, 4) is 55.6 Å². The summed E-state index contributed by atoms with van der Waals surface area (Å²) in [6.07, 6.45) is 0. The van der Waals surface area contributed by atoms with Gasteiger partial charge in [-0.2, -0.15) is 0 Å². The van der Waals surface area contributed by atoms with E-state index in [4.69, 9.17) is 0 Å². The van der Waals surface area contributed by atoms with Crippen LogP contribution in [0.2, 0.25) is 0 Å². The van der Waals surface area contributed by atoms with Gasteiger partial charge in [-0.05, 0) is 213 Å². The molecule has 0 fully saturated rings. The minimum absolute atomic E-state index is 0.108. The van der Waals surface area contributed by atoms with Crippen LogP contribution in [0, 0.1) is 41.5 Å². The second-order valence-electron chi connectivity index (χ2n) is 24.2. The van der Waals surface area contributed by atoms with Crippen molar-refractivity contribution in [3.63, 3.8) is 0 Å². The highest BCUT2D eigenvalue weighted by Crippen LogP contribution is 2.55. The first-order chi connectivity index (χ1) is 36.9. The van der Waals surface area contributed by atoms with E-state index < -0.39 is 0 Å². The summed E-state index contributed by atoms with van der Waals surface area (Å²) in [6, 6.07) is 74.2. The molecule has 2 heteroatoms. The van der Waals surface area contributed by atoms with Crippen LogP contribution >= 0.6 is 0 Å². The molecule has 10 aromatic rings. The summed E-state index contributed by atoms with van der Waals surface area (Å²) in [4.78, 5) is 5.01. The van der Waals surface area contributed by atoms with E-state index in [0.29, 0.717) is 0 Å². The Labute approximate surface area is 457 Å². The molecule has 13 rings (SSSR count). The molecule has 0 amide bonds. The molecule has 0 aromatic heterocycles. The van der Waals surface area contributed by atoms with Gasteiger partial charge in [0.05, 0.1) is 11.4 Å². The molecule has 2 nitrogen and oxygen atoms in total. The number of nitrogens with zero attached hydrogens (tertiary/aromatic N) is 2. The number of hydrogen-bond donors (Lipinski definition) is 0. The van der Waals surface area contributed by atoms with E-state index in [0.717, 1.165) is 11.4 Å². The summed E-state index contributed by atoms with van der Waals surface area (Å²) < 4.78 is 0. The first-order valence-corrected chi connectivity index (χ1v) is 27.7. The van der Waals surface area contributed by atoms with Gasteiger partial charge < -0.3 is 9.80 Å². The summed E-state index contributed by atoms with van der Waals surface area (Å²) in [5.74, 6) is 0. The number of fused-ring (bicyclic) bond motifs is 9. The van der Waals surface area contributed by atoms with E-state index in [2.05, 4.69) is 287 Å². The second kappa shape index (κ2) is 17.4. The van der Waals surface area contributed by atoms with Crippen molar-refractivity contribution in [2.45, 2.75) is 99.3 Å². The van der Waals surface area contributed by atoms with Crippen LogP contribution in [0.1, 0.15) is 108 Å². The average molecular weight is 997 g/mol. The normalized spacial score (nSPS) is 14.5. The fourth-order valence-corrected chi connectivity index (χ4v) is 14.3. The van der Waals surface area contributed by atoms with Crippen LogP contribution in [-0.4, -0.2) is 0 Å². The average Bonchev–Trinajstić information content (AvgIpc) is 4.10. The van der Waals surface area contributed by atoms with Gasteiger partial charge in [-0.15, -0.1) is 0 Å². The van der Waals surface area contributed by atoms with Gasteiger partial charge in [0.2, 0.25) is 0 Å². The summed E-state index contributed by atoms with van der Waals surface area (Å²) in [5, 5.41) is 0. The number of hydrogen-bond acceptors (Lipinski definition) is 2. The molecule has 77 heavy (non-hydrogen) atoms. The van der Waals surface area contributed by atoms with Crippen molar-refractivity contribution >= 4 is 34.1 Å². The van der Waals surface area contributed by atoms with E-state index in [1.807, 2.05) is 0 Å². The van der Waals surface area contributed by atoms with Gasteiger partial charge in [0.1, 0.15) is 0 Å². The van der Waals surface area contributed by atoms with Gasteiger partial charge in [0.15, 0.2) is 0 Å². The minimum atomic E-state index is -0.222. The molecule has 0 unspecified atom stereocenters. The first-order valence-electron chi connectivity index (χ1n) is 27.7. The Kier molecular flexibility index (Phi) is 11.0. The molecule has 3 aliphatic rings. The largest absolute Gasteiger partial charge is 0.310 e. The summed E-state index contributed by atoms with van der Waals surface area (Å²) in [6.45, 7) is 27.8. The fraction of sp³-hybridized carbons (Fsp3) is 0.200. The van der Waals surface area contributed by atoms with Crippen LogP contribution in [0.4, 0.5) is 34.1 Å². The van der Waals surface area contributed by atoms with Crippen molar-refractivity contribution in [2.24, 2.45) is 0 Å². The number of anilines is 6. The Morgan fingerprint density at radius 2 is 0.545 bits per heavy atom. The van der Waals surface area contributed by atoms with Crippen molar-refractivity contribution in [2.75, 3.05) is 9.80 Å². The van der Waals surface area contributed by atoms with E-state index in [-0.39, 0.29) is 16.2 Å². The number of aryl methyl sites for hydroxylation is 6. The third kappa shape index (κ3) is 7.50. The van der Waals surface area contributed by atoms with Gasteiger partial charge in [-0.25, -0.2) is 0 Å². The molecular weight excluding hydrogens is 929 g/mol. The summed E-state index contributed by atoms with van der Waals surface area (Å²) in [5.41, 5.74) is 35.4. The number of rotatable bonds is 8. The molecule has 0 heterocycles. The van der Waals surface area contributed by atoms with Crippen LogP contribution in [-0.2, 0) is 16.2 Å². The molecule has 0 atom stereocenters. The predicted molar refractivity (Wildman–Crippen MR) is 328 cm³/mol. The van der Waals surface area contributed by atoms with Crippen LogP contribution in [0.3, 0.4) is 0 Å². The minimum Gasteiger partial charge on any atom is -0.310 e. The van der Waals surface area contributed by atoms with E-state index in [1.165, 1.54) is 145 Å². The lowest BCUT2D eigenvalue weighted by molar-refractivity contribution is 0.660. The molecule has 0 spiro atoms. The maximum Gasteiger partial charge on any atom is 0.0520 e. The van der Waals surface area contributed by atoms with Gasteiger partial charge in [-0.3, -0.25) is 0 Å². The Morgan fingerprint density at radius 3 is 0.935 bits per heavy atom. The van der Waals surface area contributed by atoms with Gasteiger partial charge in [-0.1, -0.05) is 186 Å². The lowest BCUT2D eigenvalue weighted by atomic mass is 9.81. The highest BCUT2D eigenvalue weighted by Gasteiger charge is 2.39. The van der Waals surface area contributed by atoms with Crippen molar-refractivity contribution in [1.82, 2.24) is 0 Å². The van der Waals surface area contributed by atoms with E-state index in [9.17, 15) is 0 Å². The molecule has 10 aromatic carbocycles. The maximum atomic E-state index is 2.50. The maximum absolute atomic E-state index is 2.50. The topological polar surface area (TPSA) is 6.48 Å². The molecule has 0 N–H and O–H groups in total. The molecule has 3 aliphatic carbocycles. The van der Waals surface area contributed by atoms with Crippen molar-refractivity contribution in [1.29, 1.82) is 0 Å².